The molecule has 0 heterocycles. The number of amides is 3. The minimum absolute atomic E-state index is 0.176. The molecule has 0 atom stereocenters. The highest BCUT2D eigenvalue weighted by atomic mass is 16.2. The van der Waals surface area contributed by atoms with E-state index in [1.54, 1.807) is 30.3 Å². The van der Waals surface area contributed by atoms with Gasteiger partial charge < -0.3 is 16.0 Å². The zero-order valence-electron chi connectivity index (χ0n) is 12.7. The topological polar surface area (TPSA) is 70.2 Å². The summed E-state index contributed by atoms with van der Waals surface area (Å²) in [6, 6.07) is 16.0. The van der Waals surface area contributed by atoms with Gasteiger partial charge in [-0.2, -0.15) is 0 Å². The molecule has 0 aliphatic carbocycles. The number of carbonyl (C=O) groups is 2. The highest BCUT2D eigenvalue weighted by Gasteiger charge is 2.05. The molecule has 0 aliphatic rings. The third-order valence-electron chi connectivity index (χ3n) is 3.11. The van der Waals surface area contributed by atoms with Gasteiger partial charge >= 0.3 is 6.03 Å². The lowest BCUT2D eigenvalue weighted by Gasteiger charge is -2.08. The largest absolute Gasteiger partial charge is 0.349 e. The van der Waals surface area contributed by atoms with Crippen molar-refractivity contribution < 1.29 is 9.59 Å². The highest BCUT2D eigenvalue weighted by molar-refractivity contribution is 5.95. The van der Waals surface area contributed by atoms with Gasteiger partial charge in [0, 0.05) is 24.3 Å². The van der Waals surface area contributed by atoms with Gasteiger partial charge in [0.2, 0.25) is 0 Å². The van der Waals surface area contributed by atoms with Gasteiger partial charge in [-0.05, 0) is 29.8 Å². The number of nitrogens with one attached hydrogen (secondary N) is 3. The van der Waals surface area contributed by atoms with E-state index in [0.717, 1.165) is 5.56 Å². The summed E-state index contributed by atoms with van der Waals surface area (Å²) in [5.74, 6) is -0.176. The molecule has 23 heavy (non-hydrogen) atoms. The first-order valence-electron chi connectivity index (χ1n) is 7.27. The van der Waals surface area contributed by atoms with Gasteiger partial charge in [-0.1, -0.05) is 36.4 Å². The first-order chi connectivity index (χ1) is 11.2. The Morgan fingerprint density at radius 2 is 1.65 bits per heavy atom. The second-order valence-electron chi connectivity index (χ2n) is 4.87. The summed E-state index contributed by atoms with van der Waals surface area (Å²) in [7, 11) is 0. The van der Waals surface area contributed by atoms with E-state index in [2.05, 4.69) is 22.5 Å². The van der Waals surface area contributed by atoms with Crippen LogP contribution in [0, 0.1) is 0 Å². The lowest BCUT2D eigenvalue weighted by Crippen LogP contribution is -2.28. The monoisotopic (exact) mass is 309 g/mol. The molecule has 2 aromatic rings. The molecule has 0 unspecified atom stereocenters. The van der Waals surface area contributed by atoms with Gasteiger partial charge in [0.05, 0.1) is 0 Å². The molecule has 0 saturated heterocycles. The Kier molecular flexibility index (Phi) is 5.94. The molecule has 0 fully saturated rings. The number of hydrogen-bond acceptors (Lipinski definition) is 2. The van der Waals surface area contributed by atoms with Crippen molar-refractivity contribution in [3.63, 3.8) is 0 Å². The lowest BCUT2D eigenvalue weighted by molar-refractivity contribution is 0.0958. The van der Waals surface area contributed by atoms with E-state index in [0.29, 0.717) is 24.3 Å². The molecule has 3 N–H and O–H groups in total. The molecular weight excluding hydrogens is 290 g/mol. The molecule has 2 aromatic carbocycles. The molecule has 118 valence electrons. The Morgan fingerprint density at radius 3 is 2.30 bits per heavy atom. The van der Waals surface area contributed by atoms with Crippen molar-refractivity contribution in [1.29, 1.82) is 0 Å². The van der Waals surface area contributed by atoms with Crippen LogP contribution < -0.4 is 16.0 Å². The van der Waals surface area contributed by atoms with Crippen LogP contribution in [0.3, 0.4) is 0 Å². The number of hydrogen-bond donors (Lipinski definition) is 3. The zero-order chi connectivity index (χ0) is 16.5. The van der Waals surface area contributed by atoms with Gasteiger partial charge in [-0.3, -0.25) is 4.79 Å². The van der Waals surface area contributed by atoms with Gasteiger partial charge in [-0.15, -0.1) is 6.58 Å². The highest BCUT2D eigenvalue weighted by Crippen LogP contribution is 2.09. The molecule has 0 spiro atoms. The number of rotatable bonds is 6. The predicted octanol–water partition coefficient (Wildman–Crippen LogP) is 2.92. The number of carbonyl (C=O) groups excluding carboxylic acids is 2. The molecule has 5 nitrogen and oxygen atoms in total. The Hall–Kier alpha value is -3.08. The standard InChI is InChI=1S/C18H19N3O2/c1-2-12-19-17(22)15-8-10-16(11-9-15)21-18(23)20-13-14-6-4-3-5-7-14/h2-11H,1,12-13H2,(H,19,22)(H2,20,21,23). The van der Waals surface area contributed by atoms with Crippen LogP contribution in [0.25, 0.3) is 0 Å². The van der Waals surface area contributed by atoms with E-state index in [9.17, 15) is 9.59 Å². The van der Waals surface area contributed by atoms with Gasteiger partial charge in [0.1, 0.15) is 0 Å². The fourth-order valence-electron chi connectivity index (χ4n) is 1.93. The summed E-state index contributed by atoms with van der Waals surface area (Å²) in [5, 5.41) is 8.19. The summed E-state index contributed by atoms with van der Waals surface area (Å²) in [6.45, 7) is 4.41. The maximum atomic E-state index is 11.8. The Morgan fingerprint density at radius 1 is 0.957 bits per heavy atom. The molecule has 3 amide bonds. The first-order valence-corrected chi connectivity index (χ1v) is 7.27. The quantitative estimate of drug-likeness (QED) is 0.718. The first kappa shape index (κ1) is 16.3. The van der Waals surface area contributed by atoms with Crippen molar-refractivity contribution in [3.05, 3.63) is 78.4 Å². The van der Waals surface area contributed by atoms with E-state index < -0.39 is 0 Å². The second kappa shape index (κ2) is 8.38. The fourth-order valence-corrected chi connectivity index (χ4v) is 1.93. The van der Waals surface area contributed by atoms with Crippen LogP contribution in [-0.4, -0.2) is 18.5 Å². The number of benzene rings is 2. The smallest absolute Gasteiger partial charge is 0.319 e. The van der Waals surface area contributed by atoms with E-state index in [1.165, 1.54) is 0 Å². The van der Waals surface area contributed by atoms with E-state index >= 15 is 0 Å². The third-order valence-corrected chi connectivity index (χ3v) is 3.11. The van der Waals surface area contributed by atoms with Gasteiger partial charge in [-0.25, -0.2) is 4.79 Å². The second-order valence-corrected chi connectivity index (χ2v) is 4.87. The van der Waals surface area contributed by atoms with Crippen LogP contribution in [0.5, 0.6) is 0 Å². The molecule has 0 radical (unpaired) electrons. The minimum atomic E-state index is -0.294. The van der Waals surface area contributed by atoms with Crippen LogP contribution in [0.15, 0.2) is 67.3 Å². The van der Waals surface area contributed by atoms with Gasteiger partial charge in [0.15, 0.2) is 0 Å². The van der Waals surface area contributed by atoms with Crippen molar-refractivity contribution in [2.75, 3.05) is 11.9 Å². The van der Waals surface area contributed by atoms with E-state index in [4.69, 9.17) is 0 Å². The van der Waals surface area contributed by atoms with Crippen molar-refractivity contribution in [3.8, 4) is 0 Å². The maximum absolute atomic E-state index is 11.8. The van der Waals surface area contributed by atoms with E-state index in [1.807, 2.05) is 30.3 Å². The molecule has 2 rings (SSSR count). The summed E-state index contributed by atoms with van der Waals surface area (Å²) in [6.07, 6.45) is 1.62. The summed E-state index contributed by atoms with van der Waals surface area (Å²) in [4.78, 5) is 23.6. The van der Waals surface area contributed by atoms with Crippen molar-refractivity contribution in [2.45, 2.75) is 6.54 Å². The maximum Gasteiger partial charge on any atom is 0.319 e. The molecule has 0 saturated carbocycles. The average molecular weight is 309 g/mol. The third kappa shape index (κ3) is 5.32. The molecule has 0 bridgehead atoms. The van der Waals surface area contributed by atoms with Crippen molar-refractivity contribution >= 4 is 17.6 Å². The SMILES string of the molecule is C=CCNC(=O)c1ccc(NC(=O)NCc2ccccc2)cc1. The zero-order valence-corrected chi connectivity index (χ0v) is 12.7. The fraction of sp³-hybridized carbons (Fsp3) is 0.111. The normalized spacial score (nSPS) is 9.74. The van der Waals surface area contributed by atoms with Crippen molar-refractivity contribution in [1.82, 2.24) is 10.6 Å². The van der Waals surface area contributed by atoms with Crippen LogP contribution in [0.2, 0.25) is 0 Å². The predicted molar refractivity (Wildman–Crippen MR) is 91.3 cm³/mol. The van der Waals surface area contributed by atoms with Crippen molar-refractivity contribution in [2.24, 2.45) is 0 Å². The Balaban J connectivity index is 1.84. The summed E-state index contributed by atoms with van der Waals surface area (Å²) >= 11 is 0. The molecule has 0 aromatic heterocycles. The van der Waals surface area contributed by atoms with Crippen LogP contribution >= 0.6 is 0 Å². The molecule has 0 aliphatic heterocycles. The number of urea groups is 1. The van der Waals surface area contributed by atoms with Crippen LogP contribution in [-0.2, 0) is 6.54 Å². The van der Waals surface area contributed by atoms with E-state index in [-0.39, 0.29) is 11.9 Å². The summed E-state index contributed by atoms with van der Waals surface area (Å²) < 4.78 is 0. The molecule has 5 heteroatoms. The lowest BCUT2D eigenvalue weighted by atomic mass is 10.2. The van der Waals surface area contributed by atoms with Crippen LogP contribution in [0.1, 0.15) is 15.9 Å². The minimum Gasteiger partial charge on any atom is -0.349 e. The summed E-state index contributed by atoms with van der Waals surface area (Å²) in [5.41, 5.74) is 2.18. The molecular formula is C18H19N3O2. The number of anilines is 1. The van der Waals surface area contributed by atoms with Gasteiger partial charge in [0.25, 0.3) is 5.91 Å². The van der Waals surface area contributed by atoms with Crippen LogP contribution in [0.4, 0.5) is 10.5 Å². The average Bonchev–Trinajstić information content (AvgIpc) is 2.59. The Labute approximate surface area is 135 Å². The Bertz CT molecular complexity index is 666.